The van der Waals surface area contributed by atoms with Crippen LogP contribution in [0, 0.1) is 25.6 Å². The van der Waals surface area contributed by atoms with Gasteiger partial charge in [0.25, 0.3) is 0 Å². The number of nitrogens with one attached hydrogen (secondary N) is 1. The maximum Gasteiger partial charge on any atom is 0.157 e. The summed E-state index contributed by atoms with van der Waals surface area (Å²) in [6.07, 6.45) is 6.49. The largest absolute Gasteiger partial charge is 0.384 e. The van der Waals surface area contributed by atoms with Crippen LogP contribution in [0.3, 0.4) is 0 Å². The number of benzene rings is 1. The summed E-state index contributed by atoms with van der Waals surface area (Å²) in [7, 11) is 0. The number of amidine groups is 1. The van der Waals surface area contributed by atoms with Gasteiger partial charge in [-0.2, -0.15) is 10.2 Å². The van der Waals surface area contributed by atoms with E-state index in [9.17, 15) is 4.39 Å². The van der Waals surface area contributed by atoms with E-state index in [4.69, 9.17) is 20.8 Å². The van der Waals surface area contributed by atoms with Crippen molar-refractivity contribution in [3.8, 4) is 11.3 Å². The number of nitrogens with two attached hydrogens (primary N) is 1. The van der Waals surface area contributed by atoms with Crippen LogP contribution in [0.15, 0.2) is 40.3 Å². The first-order chi connectivity index (χ1) is 16.4. The summed E-state index contributed by atoms with van der Waals surface area (Å²) in [5.41, 5.74) is 11.8. The van der Waals surface area contributed by atoms with Crippen LogP contribution >= 0.6 is 0 Å². The first-order valence-corrected chi connectivity index (χ1v) is 11.7. The fourth-order valence-electron chi connectivity index (χ4n) is 4.28. The molecule has 9 heteroatoms. The minimum atomic E-state index is -0.277. The molecule has 0 spiro atoms. The fraction of sp³-hybridized carbons (Fsp3) is 0.360. The lowest BCUT2D eigenvalue weighted by Crippen LogP contribution is -2.12. The number of fused-ring (bicyclic) bond motifs is 1. The smallest absolute Gasteiger partial charge is 0.157 e. The predicted molar refractivity (Wildman–Crippen MR) is 134 cm³/mol. The topological polar surface area (TPSA) is 98.4 Å². The molecule has 3 heterocycles. The minimum Gasteiger partial charge on any atom is -0.384 e. The van der Waals surface area contributed by atoms with Gasteiger partial charge in [0.15, 0.2) is 11.6 Å². The molecule has 1 aliphatic carbocycles. The highest BCUT2D eigenvalue weighted by molar-refractivity contribution is 5.99. The van der Waals surface area contributed by atoms with Gasteiger partial charge in [-0.25, -0.2) is 23.7 Å². The van der Waals surface area contributed by atoms with Crippen LogP contribution in [0.2, 0.25) is 0 Å². The number of aromatic nitrogens is 4. The number of anilines is 1. The van der Waals surface area contributed by atoms with Crippen LogP contribution in [-0.4, -0.2) is 38.2 Å². The molecule has 3 N–H and O–H groups in total. The number of nitrogens with zero attached hydrogens (tertiary/aromatic N) is 6. The molecule has 1 fully saturated rings. The average molecular weight is 461 g/mol. The number of rotatable bonds is 6. The van der Waals surface area contributed by atoms with E-state index in [0.717, 1.165) is 52.8 Å². The Kier molecular flexibility index (Phi) is 5.77. The summed E-state index contributed by atoms with van der Waals surface area (Å²) in [4.78, 5) is 9.50. The number of halogens is 1. The highest BCUT2D eigenvalue weighted by atomic mass is 19.1. The lowest BCUT2D eigenvalue weighted by Gasteiger charge is -2.07. The molecule has 176 valence electrons. The van der Waals surface area contributed by atoms with Gasteiger partial charge in [0.2, 0.25) is 0 Å². The van der Waals surface area contributed by atoms with Crippen molar-refractivity contribution in [2.24, 2.45) is 21.6 Å². The monoisotopic (exact) mass is 460 g/mol. The summed E-state index contributed by atoms with van der Waals surface area (Å²) in [5.74, 6) is 1.99. The molecular weight excluding hydrogens is 431 g/mol. The van der Waals surface area contributed by atoms with Crippen LogP contribution in [0.5, 0.6) is 0 Å². The molecular formula is C25H29FN8. The summed E-state index contributed by atoms with van der Waals surface area (Å²) in [6, 6.07) is 6.40. The number of aryl methyl sites for hydroxylation is 1. The average Bonchev–Trinajstić information content (AvgIpc) is 3.50. The van der Waals surface area contributed by atoms with E-state index >= 15 is 0 Å². The second-order valence-corrected chi connectivity index (χ2v) is 8.83. The van der Waals surface area contributed by atoms with Crippen LogP contribution in [0.1, 0.15) is 36.7 Å². The van der Waals surface area contributed by atoms with E-state index in [-0.39, 0.29) is 5.82 Å². The zero-order valence-corrected chi connectivity index (χ0v) is 19.7. The lowest BCUT2D eigenvalue weighted by atomic mass is 10.1. The van der Waals surface area contributed by atoms with Gasteiger partial charge in [0, 0.05) is 42.9 Å². The maximum atomic E-state index is 13.6. The highest BCUT2D eigenvalue weighted by Crippen LogP contribution is 2.36. The third kappa shape index (κ3) is 4.25. The van der Waals surface area contributed by atoms with Crippen molar-refractivity contribution in [1.29, 1.82) is 0 Å². The Morgan fingerprint density at radius 2 is 1.91 bits per heavy atom. The van der Waals surface area contributed by atoms with E-state index in [1.807, 2.05) is 24.7 Å². The number of hydrogen-bond acceptors (Lipinski definition) is 6. The van der Waals surface area contributed by atoms with Gasteiger partial charge in [-0.15, -0.1) is 0 Å². The van der Waals surface area contributed by atoms with Gasteiger partial charge in [-0.05, 0) is 63.8 Å². The second-order valence-electron chi connectivity index (χ2n) is 8.83. The number of aliphatic imine (C=N–C) groups is 2. The molecule has 0 bridgehead atoms. The minimum absolute atomic E-state index is 0.277. The molecule has 0 radical (unpaired) electrons. The van der Waals surface area contributed by atoms with Gasteiger partial charge >= 0.3 is 0 Å². The van der Waals surface area contributed by atoms with Crippen LogP contribution in [0.4, 0.5) is 15.9 Å². The fourth-order valence-corrected chi connectivity index (χ4v) is 4.28. The Labute approximate surface area is 198 Å². The molecule has 0 unspecified atom stereocenters. The molecule has 0 saturated heterocycles. The molecule has 2 aromatic heterocycles. The van der Waals surface area contributed by atoms with Gasteiger partial charge in [0.05, 0.1) is 22.8 Å². The second kappa shape index (κ2) is 8.89. The Balaban J connectivity index is 1.59. The molecule has 1 saturated carbocycles. The third-order valence-electron chi connectivity index (χ3n) is 6.16. The van der Waals surface area contributed by atoms with E-state index in [1.54, 1.807) is 22.9 Å². The molecule has 1 aromatic carbocycles. The Bertz CT molecular complexity index is 1310. The van der Waals surface area contributed by atoms with E-state index in [1.165, 1.54) is 25.0 Å². The van der Waals surface area contributed by atoms with Crippen molar-refractivity contribution >= 4 is 29.4 Å². The zero-order valence-electron chi connectivity index (χ0n) is 19.7. The summed E-state index contributed by atoms with van der Waals surface area (Å²) in [5, 5.41) is 12.9. The SMILES string of the molecule is CCNc1c(C)nn(C2=CC(N)=Nc3c(c(-c4ccc(F)cc4)nn3CC3CC3)CC=N2)c1C. The maximum absolute atomic E-state index is 13.6. The van der Waals surface area contributed by atoms with Crippen LogP contribution < -0.4 is 11.1 Å². The standard InChI is InChI=1S/C25H29FN8/c1-4-28-23-15(2)31-34(16(23)3)22-13-21(27)30-25-20(11-12-29-22)24(18-7-9-19(26)10-8-18)32-33(25)14-17-5-6-17/h7-10,12-13,17,28H,4-6,11,14H2,1-3H3,(H2,27,30). The van der Waals surface area contributed by atoms with Crippen molar-refractivity contribution in [2.75, 3.05) is 11.9 Å². The van der Waals surface area contributed by atoms with Crippen molar-refractivity contribution in [3.63, 3.8) is 0 Å². The summed E-state index contributed by atoms with van der Waals surface area (Å²) >= 11 is 0. The first kappa shape index (κ1) is 22.1. The van der Waals surface area contributed by atoms with Gasteiger partial charge in [-0.3, -0.25) is 0 Å². The predicted octanol–water partition coefficient (Wildman–Crippen LogP) is 4.46. The molecule has 8 nitrogen and oxygen atoms in total. The van der Waals surface area contributed by atoms with Crippen molar-refractivity contribution in [1.82, 2.24) is 19.6 Å². The zero-order chi connectivity index (χ0) is 23.8. The summed E-state index contributed by atoms with van der Waals surface area (Å²) < 4.78 is 17.3. The van der Waals surface area contributed by atoms with Crippen molar-refractivity contribution in [3.05, 3.63) is 53.1 Å². The van der Waals surface area contributed by atoms with Crippen LogP contribution in [0.25, 0.3) is 17.1 Å². The lowest BCUT2D eigenvalue weighted by molar-refractivity contribution is 0.568. The highest BCUT2D eigenvalue weighted by Gasteiger charge is 2.27. The molecule has 1 aliphatic heterocycles. The molecule has 5 rings (SSSR count). The first-order valence-electron chi connectivity index (χ1n) is 11.7. The van der Waals surface area contributed by atoms with E-state index < -0.39 is 0 Å². The normalized spacial score (nSPS) is 15.8. The van der Waals surface area contributed by atoms with Gasteiger partial charge in [-0.1, -0.05) is 0 Å². The molecule has 0 atom stereocenters. The molecule has 34 heavy (non-hydrogen) atoms. The third-order valence-corrected chi connectivity index (χ3v) is 6.16. The van der Waals surface area contributed by atoms with Gasteiger partial charge in [0.1, 0.15) is 11.7 Å². The van der Waals surface area contributed by atoms with E-state index in [0.29, 0.717) is 24.0 Å². The number of hydrogen-bond donors (Lipinski definition) is 2. The Morgan fingerprint density at radius 1 is 1.15 bits per heavy atom. The van der Waals surface area contributed by atoms with E-state index in [2.05, 4.69) is 17.3 Å². The quantitative estimate of drug-likeness (QED) is 0.567. The molecule has 0 amide bonds. The van der Waals surface area contributed by atoms with Crippen molar-refractivity contribution < 1.29 is 4.39 Å². The Hall–Kier alpha value is -3.75. The molecule has 3 aromatic rings. The van der Waals surface area contributed by atoms with Crippen molar-refractivity contribution in [2.45, 2.75) is 46.6 Å². The Morgan fingerprint density at radius 3 is 2.62 bits per heavy atom. The summed E-state index contributed by atoms with van der Waals surface area (Å²) in [6.45, 7) is 7.62. The van der Waals surface area contributed by atoms with Crippen LogP contribution in [-0.2, 0) is 13.0 Å². The molecule has 2 aliphatic rings. The van der Waals surface area contributed by atoms with Gasteiger partial charge < -0.3 is 11.1 Å².